The fourth-order valence-electron chi connectivity index (χ4n) is 1.09. The van der Waals surface area contributed by atoms with E-state index in [4.69, 9.17) is 0 Å². The normalized spacial score (nSPS) is 9.73. The molecule has 0 amide bonds. The molecule has 0 fully saturated rings. The Labute approximate surface area is 99.4 Å². The van der Waals surface area contributed by atoms with Gasteiger partial charge in [0.2, 0.25) is 0 Å². The Kier molecular flexibility index (Phi) is 5.89. The molecule has 0 aliphatic heterocycles. The molecule has 0 spiro atoms. The summed E-state index contributed by atoms with van der Waals surface area (Å²) in [5, 5.41) is 0. The first-order valence-electron chi connectivity index (χ1n) is 4.76. The predicted molar refractivity (Wildman–Crippen MR) is 58.1 cm³/mol. The summed E-state index contributed by atoms with van der Waals surface area (Å²) in [5.41, 5.74) is 2.06. The van der Waals surface area contributed by atoms with Crippen molar-refractivity contribution in [3.8, 4) is 0 Å². The quantitative estimate of drug-likeness (QED) is 0.590. The van der Waals surface area contributed by atoms with E-state index in [9.17, 15) is 9.59 Å². The van der Waals surface area contributed by atoms with Crippen LogP contribution in [0.15, 0.2) is 19.5 Å². The molecule has 0 saturated carbocycles. The molecule has 0 aliphatic carbocycles. The number of hydrogen-bond acceptors (Lipinski definition) is 2. The molecule has 86 valence electrons. The molecule has 0 atom stereocenters. The molecule has 0 bridgehead atoms. The van der Waals surface area contributed by atoms with Crippen LogP contribution >= 0.6 is 0 Å². The summed E-state index contributed by atoms with van der Waals surface area (Å²) in [6.45, 7) is 10.8. The van der Waals surface area contributed by atoms with Gasteiger partial charge in [-0.05, 0) is 0 Å². The van der Waals surface area contributed by atoms with Gasteiger partial charge in [0.05, 0.1) is 0 Å². The molecular formula is C12H18O2Ru. The standard InChI is InChI=1S/2C6H9O.Ru/c2*1-5(2)4-6(3)7;/h2*1-3H3;. The van der Waals surface area contributed by atoms with Crippen molar-refractivity contribution in [1.82, 2.24) is 0 Å². The van der Waals surface area contributed by atoms with Crippen LogP contribution in [0.1, 0.15) is 41.5 Å². The maximum atomic E-state index is 11.4. The number of carbonyl (C=O) groups excluding carboxylic acids is 2. The Bertz CT molecular complexity index is 307. The molecule has 0 rings (SSSR count). The van der Waals surface area contributed by atoms with Crippen LogP contribution in [0.4, 0.5) is 0 Å². The van der Waals surface area contributed by atoms with Gasteiger partial charge in [-0.25, -0.2) is 0 Å². The molecule has 0 saturated heterocycles. The molecule has 0 radical (unpaired) electrons. The average molecular weight is 295 g/mol. The fourth-order valence-corrected chi connectivity index (χ4v) is 3.01. The van der Waals surface area contributed by atoms with E-state index in [-0.39, 0.29) is 11.6 Å². The van der Waals surface area contributed by atoms with Gasteiger partial charge in [-0.2, -0.15) is 0 Å². The number of rotatable bonds is 4. The van der Waals surface area contributed by atoms with E-state index >= 15 is 0 Å². The third kappa shape index (κ3) is 4.66. The second-order valence-corrected chi connectivity index (χ2v) is 5.98. The summed E-state index contributed by atoms with van der Waals surface area (Å²) in [6.07, 6.45) is 0. The molecule has 0 N–H and O–H groups in total. The molecule has 0 aliphatic rings. The van der Waals surface area contributed by atoms with E-state index in [1.807, 2.05) is 27.7 Å². The summed E-state index contributed by atoms with van der Waals surface area (Å²) in [6, 6.07) is 0. The molecule has 0 heterocycles. The summed E-state index contributed by atoms with van der Waals surface area (Å²) in [5.74, 6) is 0.182. The van der Waals surface area contributed by atoms with Crippen LogP contribution in [0.25, 0.3) is 0 Å². The summed E-state index contributed by atoms with van der Waals surface area (Å²) >= 11 is -0.412. The zero-order valence-electron chi connectivity index (χ0n) is 10.2. The summed E-state index contributed by atoms with van der Waals surface area (Å²) < 4.78 is 1.68. The Hall–Kier alpha value is -0.557. The van der Waals surface area contributed by atoms with Crippen molar-refractivity contribution in [1.29, 1.82) is 0 Å². The van der Waals surface area contributed by atoms with Gasteiger partial charge in [0, 0.05) is 0 Å². The van der Waals surface area contributed by atoms with Crippen molar-refractivity contribution in [2.45, 2.75) is 41.5 Å². The van der Waals surface area contributed by atoms with Crippen molar-refractivity contribution < 1.29 is 26.7 Å². The van der Waals surface area contributed by atoms with Crippen molar-refractivity contribution in [2.75, 3.05) is 0 Å². The first-order valence-corrected chi connectivity index (χ1v) is 6.50. The first kappa shape index (κ1) is 14.4. The maximum absolute atomic E-state index is 11.4. The fraction of sp³-hybridized carbons (Fsp3) is 0.500. The summed E-state index contributed by atoms with van der Waals surface area (Å²) in [7, 11) is 0. The predicted octanol–water partition coefficient (Wildman–Crippen LogP) is 2.83. The molecule has 0 aromatic rings. The first-order chi connectivity index (χ1) is 6.77. The number of Topliss-reactive ketones (excluding diaryl/α,β-unsaturated/α-hetero) is 2. The van der Waals surface area contributed by atoms with Crippen LogP contribution in [-0.2, 0) is 26.7 Å². The zero-order valence-corrected chi connectivity index (χ0v) is 11.9. The third-order valence-electron chi connectivity index (χ3n) is 1.63. The topological polar surface area (TPSA) is 34.1 Å². The second kappa shape index (κ2) is 6.12. The number of allylic oxidation sites excluding steroid dienone is 4. The van der Waals surface area contributed by atoms with E-state index in [0.29, 0.717) is 0 Å². The minimum absolute atomic E-state index is 0.0909. The Morgan fingerprint density at radius 1 is 0.667 bits per heavy atom. The Morgan fingerprint density at radius 3 is 1.07 bits per heavy atom. The molecule has 3 heteroatoms. The van der Waals surface area contributed by atoms with Gasteiger partial charge < -0.3 is 0 Å². The molecule has 0 unspecified atom stereocenters. The number of carbonyl (C=O) groups is 2. The van der Waals surface area contributed by atoms with Crippen LogP contribution in [0.3, 0.4) is 0 Å². The molecule has 0 aromatic heterocycles. The number of ketones is 2. The van der Waals surface area contributed by atoms with Gasteiger partial charge in [-0.3, -0.25) is 0 Å². The van der Waals surface area contributed by atoms with Gasteiger partial charge in [-0.15, -0.1) is 0 Å². The molecular weight excluding hydrogens is 277 g/mol. The summed E-state index contributed by atoms with van der Waals surface area (Å²) in [4.78, 5) is 22.8. The molecule has 0 aromatic carbocycles. The van der Waals surface area contributed by atoms with Crippen molar-refractivity contribution in [3.63, 3.8) is 0 Å². The van der Waals surface area contributed by atoms with Crippen LogP contribution in [0.2, 0.25) is 0 Å². The Morgan fingerprint density at radius 2 is 0.933 bits per heavy atom. The minimum atomic E-state index is -0.412. The van der Waals surface area contributed by atoms with Crippen LogP contribution < -0.4 is 0 Å². The van der Waals surface area contributed by atoms with E-state index in [1.165, 1.54) is 0 Å². The third-order valence-corrected chi connectivity index (χ3v) is 5.46. The van der Waals surface area contributed by atoms with Crippen molar-refractivity contribution in [3.05, 3.63) is 19.5 Å². The van der Waals surface area contributed by atoms with E-state index < -0.39 is 17.1 Å². The van der Waals surface area contributed by atoms with Crippen LogP contribution in [0, 0.1) is 0 Å². The van der Waals surface area contributed by atoms with Gasteiger partial charge >= 0.3 is 99.3 Å². The molecule has 2 nitrogen and oxygen atoms in total. The van der Waals surface area contributed by atoms with Gasteiger partial charge in [0.1, 0.15) is 0 Å². The average Bonchev–Trinajstić information content (AvgIpc) is 2.01. The van der Waals surface area contributed by atoms with Crippen molar-refractivity contribution in [2.24, 2.45) is 0 Å². The van der Waals surface area contributed by atoms with Crippen LogP contribution in [0.5, 0.6) is 0 Å². The second-order valence-electron chi connectivity index (χ2n) is 3.80. The van der Waals surface area contributed by atoms with Gasteiger partial charge in [0.25, 0.3) is 0 Å². The monoisotopic (exact) mass is 296 g/mol. The van der Waals surface area contributed by atoms with E-state index in [0.717, 1.165) is 19.5 Å². The van der Waals surface area contributed by atoms with Crippen LogP contribution in [-0.4, -0.2) is 11.6 Å². The molecule has 15 heavy (non-hydrogen) atoms. The zero-order chi connectivity index (χ0) is 12.2. The Balaban J connectivity index is 5.16. The van der Waals surface area contributed by atoms with Crippen molar-refractivity contribution >= 4 is 11.6 Å². The van der Waals surface area contributed by atoms with E-state index in [2.05, 4.69) is 0 Å². The number of hydrogen-bond donors (Lipinski definition) is 0. The van der Waals surface area contributed by atoms with E-state index in [1.54, 1.807) is 13.8 Å². The SMILES string of the molecule is CC(=O)[C]([Ru][C](C(C)=O)=C(C)C)=C(C)C. The van der Waals surface area contributed by atoms with Gasteiger partial charge in [-0.1, -0.05) is 0 Å². The van der Waals surface area contributed by atoms with Gasteiger partial charge in [0.15, 0.2) is 0 Å².